The van der Waals surface area contributed by atoms with Gasteiger partial charge in [-0.15, -0.1) is 0 Å². The maximum Gasteiger partial charge on any atom is 0.286 e. The van der Waals surface area contributed by atoms with Crippen molar-refractivity contribution in [1.29, 1.82) is 0 Å². The van der Waals surface area contributed by atoms with Crippen LogP contribution in [0.15, 0.2) is 60.7 Å². The smallest absolute Gasteiger partial charge is 0.286 e. The van der Waals surface area contributed by atoms with Gasteiger partial charge in [-0.1, -0.05) is 29.5 Å². The normalized spacial score (nSPS) is 16.5. The summed E-state index contributed by atoms with van der Waals surface area (Å²) >= 11 is 2.69. The van der Waals surface area contributed by atoms with Gasteiger partial charge in [0.1, 0.15) is 5.76 Å². The topological polar surface area (TPSA) is 68.6 Å². The van der Waals surface area contributed by atoms with Crippen molar-refractivity contribution in [1.82, 2.24) is 0 Å². The third kappa shape index (κ3) is 3.40. The number of carbonyl (C=O) groups is 1. The first-order valence-corrected chi connectivity index (χ1v) is 7.86. The zero-order valence-corrected chi connectivity index (χ0v) is 12.8. The Bertz CT molecular complexity index is 745. The molecule has 4 nitrogen and oxygen atoms in total. The molecule has 1 amide bonds. The third-order valence-electron chi connectivity index (χ3n) is 2.75. The maximum absolute atomic E-state index is 11.5. The van der Waals surface area contributed by atoms with E-state index in [9.17, 15) is 4.79 Å². The summed E-state index contributed by atoms with van der Waals surface area (Å²) < 4.78 is 5.69. The molecule has 1 aromatic heterocycles. The molecule has 2 aromatic rings. The molecule has 106 valence electrons. The molecule has 0 saturated heterocycles. The molecule has 1 aliphatic heterocycles. The number of aliphatic imine (C=N–C) groups is 1. The Morgan fingerprint density at radius 3 is 2.67 bits per heavy atom. The van der Waals surface area contributed by atoms with Crippen LogP contribution < -0.4 is 5.73 Å². The second-order valence-corrected chi connectivity index (χ2v) is 6.58. The standard InChI is InChI=1S/C15H12N2O2S2/c1-9-2-5-11(6-3-9)20-13-7-4-10(19-13)8-12-14(18)17-15(16)21-12/h2-8H,1H3,(H2,16,17,18)/b12-8-. The molecule has 0 saturated carbocycles. The predicted octanol–water partition coefficient (Wildman–Crippen LogP) is 3.67. The van der Waals surface area contributed by atoms with Gasteiger partial charge in [0.15, 0.2) is 10.3 Å². The molecule has 0 aliphatic carbocycles. The molecule has 6 heteroatoms. The number of carbonyl (C=O) groups excluding carboxylic acids is 1. The number of amides is 1. The van der Waals surface area contributed by atoms with Crippen LogP contribution in [0.25, 0.3) is 6.08 Å². The molecule has 1 aliphatic rings. The van der Waals surface area contributed by atoms with Crippen LogP contribution in [0, 0.1) is 6.92 Å². The summed E-state index contributed by atoms with van der Waals surface area (Å²) in [4.78, 5) is 16.8. The van der Waals surface area contributed by atoms with E-state index in [0.717, 1.165) is 21.7 Å². The Hall–Kier alpha value is -1.92. The van der Waals surface area contributed by atoms with Crippen LogP contribution in [0.3, 0.4) is 0 Å². The van der Waals surface area contributed by atoms with Crippen LogP contribution >= 0.6 is 23.5 Å². The van der Waals surface area contributed by atoms with Crippen LogP contribution in [0.5, 0.6) is 0 Å². The van der Waals surface area contributed by atoms with Gasteiger partial charge in [-0.3, -0.25) is 4.79 Å². The van der Waals surface area contributed by atoms with Gasteiger partial charge >= 0.3 is 0 Å². The Labute approximate surface area is 130 Å². The van der Waals surface area contributed by atoms with Crippen molar-refractivity contribution in [3.8, 4) is 0 Å². The Morgan fingerprint density at radius 1 is 1.24 bits per heavy atom. The summed E-state index contributed by atoms with van der Waals surface area (Å²) in [6.07, 6.45) is 1.66. The molecule has 0 unspecified atom stereocenters. The van der Waals surface area contributed by atoms with Crippen molar-refractivity contribution in [2.24, 2.45) is 10.7 Å². The van der Waals surface area contributed by atoms with Crippen molar-refractivity contribution in [3.05, 3.63) is 52.6 Å². The quantitative estimate of drug-likeness (QED) is 0.875. The number of amidine groups is 1. The van der Waals surface area contributed by atoms with E-state index in [-0.39, 0.29) is 11.1 Å². The van der Waals surface area contributed by atoms with Gasteiger partial charge in [-0.2, -0.15) is 4.99 Å². The first-order chi connectivity index (χ1) is 10.1. The van der Waals surface area contributed by atoms with Gasteiger partial charge in [-0.05, 0) is 43.0 Å². The summed E-state index contributed by atoms with van der Waals surface area (Å²) in [5, 5.41) is 1.04. The average Bonchev–Trinajstić information content (AvgIpc) is 3.00. The second-order valence-electron chi connectivity index (χ2n) is 4.44. The molecule has 0 spiro atoms. The summed E-state index contributed by atoms with van der Waals surface area (Å²) in [5.74, 6) is 0.298. The molecular weight excluding hydrogens is 304 g/mol. The number of nitrogens with two attached hydrogens (primary N) is 1. The molecule has 0 bridgehead atoms. The van der Waals surface area contributed by atoms with Crippen molar-refractivity contribution < 1.29 is 9.21 Å². The number of rotatable bonds is 3. The van der Waals surface area contributed by atoms with Gasteiger partial charge in [0.2, 0.25) is 0 Å². The van der Waals surface area contributed by atoms with E-state index in [0.29, 0.717) is 10.7 Å². The maximum atomic E-state index is 11.5. The van der Waals surface area contributed by atoms with Crippen molar-refractivity contribution in [2.75, 3.05) is 0 Å². The molecular formula is C15H12N2O2S2. The molecule has 0 radical (unpaired) electrons. The molecule has 21 heavy (non-hydrogen) atoms. The molecule has 3 rings (SSSR count). The molecule has 2 heterocycles. The van der Waals surface area contributed by atoms with E-state index in [1.165, 1.54) is 17.3 Å². The second kappa shape index (κ2) is 5.83. The van der Waals surface area contributed by atoms with Crippen molar-refractivity contribution >= 4 is 40.7 Å². The third-order valence-corrected chi connectivity index (χ3v) is 4.49. The lowest BCUT2D eigenvalue weighted by Crippen LogP contribution is -2.01. The van der Waals surface area contributed by atoms with Gasteiger partial charge in [0.05, 0.1) is 4.91 Å². The minimum Gasteiger partial charge on any atom is -0.450 e. The Morgan fingerprint density at radius 2 is 2.00 bits per heavy atom. The average molecular weight is 316 g/mol. The number of hydrogen-bond acceptors (Lipinski definition) is 5. The fourth-order valence-electron chi connectivity index (χ4n) is 1.74. The zero-order valence-electron chi connectivity index (χ0n) is 11.2. The number of thioether (sulfide) groups is 1. The van der Waals surface area contributed by atoms with Crippen LogP contribution in [0.4, 0.5) is 0 Å². The van der Waals surface area contributed by atoms with Crippen LogP contribution in [-0.4, -0.2) is 11.1 Å². The summed E-state index contributed by atoms with van der Waals surface area (Å²) in [5.41, 5.74) is 6.73. The first kappa shape index (κ1) is 14.0. The fourth-order valence-corrected chi connectivity index (χ4v) is 3.18. The minimum absolute atomic E-state index is 0.270. The monoisotopic (exact) mass is 316 g/mol. The number of aryl methyl sites for hydroxylation is 1. The SMILES string of the molecule is Cc1ccc(Sc2ccc(/C=C3\SC(N)=NC3=O)o2)cc1. The van der Waals surface area contributed by atoms with E-state index >= 15 is 0 Å². The van der Waals surface area contributed by atoms with Gasteiger partial charge in [0, 0.05) is 11.0 Å². The summed E-state index contributed by atoms with van der Waals surface area (Å²) in [6.45, 7) is 2.05. The molecule has 1 aromatic carbocycles. The van der Waals surface area contributed by atoms with Crippen LogP contribution in [0.1, 0.15) is 11.3 Å². The van der Waals surface area contributed by atoms with E-state index in [1.54, 1.807) is 6.08 Å². The lowest BCUT2D eigenvalue weighted by molar-refractivity contribution is -0.113. The van der Waals surface area contributed by atoms with Gasteiger partial charge in [-0.25, -0.2) is 0 Å². The van der Waals surface area contributed by atoms with Crippen LogP contribution in [-0.2, 0) is 4.79 Å². The van der Waals surface area contributed by atoms with E-state index in [1.807, 2.05) is 24.3 Å². The fraction of sp³-hybridized carbons (Fsp3) is 0.0667. The highest BCUT2D eigenvalue weighted by molar-refractivity contribution is 8.18. The molecule has 2 N–H and O–H groups in total. The molecule has 0 fully saturated rings. The number of nitrogens with zero attached hydrogens (tertiary/aromatic N) is 1. The highest BCUT2D eigenvalue weighted by atomic mass is 32.2. The van der Waals surface area contributed by atoms with Gasteiger partial charge in [0.25, 0.3) is 5.91 Å². The largest absolute Gasteiger partial charge is 0.450 e. The number of hydrogen-bond donors (Lipinski definition) is 1. The lowest BCUT2D eigenvalue weighted by atomic mass is 10.2. The van der Waals surface area contributed by atoms with Crippen molar-refractivity contribution in [3.63, 3.8) is 0 Å². The summed E-state index contributed by atoms with van der Waals surface area (Å²) in [7, 11) is 0. The first-order valence-electron chi connectivity index (χ1n) is 6.22. The number of benzene rings is 1. The van der Waals surface area contributed by atoms with E-state index < -0.39 is 0 Å². The Balaban J connectivity index is 1.74. The highest BCUT2D eigenvalue weighted by Crippen LogP contribution is 2.32. The zero-order chi connectivity index (χ0) is 14.8. The lowest BCUT2D eigenvalue weighted by Gasteiger charge is -1.98. The van der Waals surface area contributed by atoms with Crippen molar-refractivity contribution in [2.45, 2.75) is 16.9 Å². The molecule has 0 atom stereocenters. The summed E-state index contributed by atoms with van der Waals surface area (Å²) in [6, 6.07) is 11.9. The minimum atomic E-state index is -0.318. The van der Waals surface area contributed by atoms with E-state index in [2.05, 4.69) is 24.0 Å². The van der Waals surface area contributed by atoms with Crippen LogP contribution in [0.2, 0.25) is 0 Å². The highest BCUT2D eigenvalue weighted by Gasteiger charge is 2.20. The number of furan rings is 1. The Kier molecular flexibility index (Phi) is 3.90. The van der Waals surface area contributed by atoms with E-state index in [4.69, 9.17) is 10.2 Å². The predicted molar refractivity (Wildman–Crippen MR) is 86.2 cm³/mol. The van der Waals surface area contributed by atoms with Gasteiger partial charge < -0.3 is 10.2 Å².